The molecule has 110 valence electrons. The maximum absolute atomic E-state index is 4.59. The Balaban J connectivity index is 2.05. The van der Waals surface area contributed by atoms with E-state index in [4.69, 9.17) is 0 Å². The van der Waals surface area contributed by atoms with Crippen molar-refractivity contribution >= 4 is 28.9 Å². The van der Waals surface area contributed by atoms with Crippen LogP contribution in [0.25, 0.3) is 10.6 Å². The van der Waals surface area contributed by atoms with Gasteiger partial charge in [0.2, 0.25) is 4.80 Å². The molecule has 0 unspecified atom stereocenters. The summed E-state index contributed by atoms with van der Waals surface area (Å²) in [6, 6.07) is 7.98. The first-order valence-electron chi connectivity index (χ1n) is 6.68. The summed E-state index contributed by atoms with van der Waals surface area (Å²) < 4.78 is 1.87. The molecule has 3 aromatic heterocycles. The lowest BCUT2D eigenvalue weighted by Gasteiger charge is -2.00. The molecule has 0 aliphatic rings. The molecule has 3 aromatic rings. The highest BCUT2D eigenvalue weighted by Crippen LogP contribution is 2.24. The molecule has 0 aromatic carbocycles. The summed E-state index contributed by atoms with van der Waals surface area (Å²) in [5.41, 5.74) is 2.00. The smallest absolute Gasteiger partial charge is 0.206 e. The van der Waals surface area contributed by atoms with E-state index < -0.39 is 0 Å². The molecule has 0 saturated carbocycles. The van der Waals surface area contributed by atoms with Gasteiger partial charge in [-0.25, -0.2) is 4.68 Å². The van der Waals surface area contributed by atoms with Crippen molar-refractivity contribution in [2.24, 2.45) is 10.1 Å². The Morgan fingerprint density at radius 3 is 2.95 bits per heavy atom. The normalized spacial score (nSPS) is 12.1. The van der Waals surface area contributed by atoms with Gasteiger partial charge in [-0.05, 0) is 17.5 Å². The van der Waals surface area contributed by atoms with Crippen LogP contribution in [0.4, 0.5) is 0 Å². The zero-order chi connectivity index (χ0) is 15.2. The SMILES string of the molecule is C=CCN=c1scc(-c2cccs2)n1N=Cc1cccnc1. The summed E-state index contributed by atoms with van der Waals surface area (Å²) >= 11 is 3.26. The number of aromatic nitrogens is 2. The second kappa shape index (κ2) is 7.11. The summed E-state index contributed by atoms with van der Waals surface area (Å²) in [5.74, 6) is 0. The van der Waals surface area contributed by atoms with Gasteiger partial charge in [0.15, 0.2) is 0 Å². The topological polar surface area (TPSA) is 42.5 Å². The number of pyridine rings is 1. The molecule has 0 spiro atoms. The lowest BCUT2D eigenvalue weighted by molar-refractivity contribution is 0.842. The van der Waals surface area contributed by atoms with Crippen LogP contribution >= 0.6 is 22.7 Å². The van der Waals surface area contributed by atoms with E-state index in [0.717, 1.165) is 16.1 Å². The summed E-state index contributed by atoms with van der Waals surface area (Å²) in [7, 11) is 0. The standard InChI is InChI=1S/C16H14N4S2/c1-2-7-18-16-20(19-11-13-5-3-8-17-10-13)14(12-22-16)15-6-4-9-21-15/h2-6,8-12H,1,7H2. The predicted octanol–water partition coefficient (Wildman–Crippen LogP) is 3.64. The van der Waals surface area contributed by atoms with E-state index in [1.54, 1.807) is 47.4 Å². The zero-order valence-electron chi connectivity index (χ0n) is 11.8. The molecular weight excluding hydrogens is 312 g/mol. The molecule has 0 N–H and O–H groups in total. The summed E-state index contributed by atoms with van der Waals surface area (Å²) in [6.07, 6.45) is 7.10. The molecule has 6 heteroatoms. The minimum atomic E-state index is 0.576. The Morgan fingerprint density at radius 2 is 2.23 bits per heavy atom. The van der Waals surface area contributed by atoms with Crippen LogP contribution in [0.3, 0.4) is 0 Å². The zero-order valence-corrected chi connectivity index (χ0v) is 13.4. The van der Waals surface area contributed by atoms with Gasteiger partial charge in [0.05, 0.1) is 23.3 Å². The van der Waals surface area contributed by atoms with Crippen LogP contribution in [-0.4, -0.2) is 22.4 Å². The highest BCUT2D eigenvalue weighted by atomic mass is 32.1. The molecule has 0 aliphatic carbocycles. The number of hydrogen-bond acceptors (Lipinski definition) is 5. The fourth-order valence-corrected chi connectivity index (χ4v) is 3.47. The number of nitrogens with zero attached hydrogens (tertiary/aromatic N) is 4. The van der Waals surface area contributed by atoms with E-state index in [1.165, 1.54) is 4.88 Å². The Hall–Kier alpha value is -2.31. The van der Waals surface area contributed by atoms with E-state index >= 15 is 0 Å². The van der Waals surface area contributed by atoms with Crippen LogP contribution in [0.15, 0.2) is 70.2 Å². The van der Waals surface area contributed by atoms with E-state index in [-0.39, 0.29) is 0 Å². The quantitative estimate of drug-likeness (QED) is 0.521. The van der Waals surface area contributed by atoms with Gasteiger partial charge in [-0.1, -0.05) is 18.2 Å². The molecular formula is C16H14N4S2. The largest absolute Gasteiger partial charge is 0.264 e. The molecule has 0 saturated heterocycles. The summed E-state index contributed by atoms with van der Waals surface area (Å²) in [4.78, 5) is 10.6. The number of thiophene rings is 1. The number of hydrogen-bond donors (Lipinski definition) is 0. The van der Waals surface area contributed by atoms with Crippen molar-refractivity contribution in [1.82, 2.24) is 9.66 Å². The first-order chi connectivity index (χ1) is 10.9. The number of rotatable bonds is 5. The highest BCUT2D eigenvalue weighted by Gasteiger charge is 2.07. The average molecular weight is 326 g/mol. The molecule has 3 heterocycles. The van der Waals surface area contributed by atoms with Gasteiger partial charge in [-0.3, -0.25) is 9.98 Å². The van der Waals surface area contributed by atoms with Gasteiger partial charge in [0, 0.05) is 23.3 Å². The molecule has 0 amide bonds. The first-order valence-corrected chi connectivity index (χ1v) is 8.44. The predicted molar refractivity (Wildman–Crippen MR) is 93.5 cm³/mol. The fraction of sp³-hybridized carbons (Fsp3) is 0.0625. The van der Waals surface area contributed by atoms with Crippen molar-refractivity contribution in [2.45, 2.75) is 0 Å². The van der Waals surface area contributed by atoms with Crippen molar-refractivity contribution in [3.05, 3.63) is 70.4 Å². The molecule has 0 aliphatic heterocycles. The Morgan fingerprint density at radius 1 is 1.27 bits per heavy atom. The van der Waals surface area contributed by atoms with Gasteiger partial charge < -0.3 is 0 Å². The molecule has 0 atom stereocenters. The minimum absolute atomic E-state index is 0.576. The molecule has 4 nitrogen and oxygen atoms in total. The molecule has 0 fully saturated rings. The van der Waals surface area contributed by atoms with Crippen LogP contribution in [0.2, 0.25) is 0 Å². The van der Waals surface area contributed by atoms with Crippen LogP contribution in [-0.2, 0) is 0 Å². The van der Waals surface area contributed by atoms with Crippen molar-refractivity contribution in [3.63, 3.8) is 0 Å². The van der Waals surface area contributed by atoms with E-state index in [0.29, 0.717) is 6.54 Å². The van der Waals surface area contributed by atoms with Gasteiger partial charge in [0.1, 0.15) is 0 Å². The van der Waals surface area contributed by atoms with Crippen LogP contribution < -0.4 is 4.80 Å². The Labute approximate surface area is 136 Å². The van der Waals surface area contributed by atoms with E-state index in [9.17, 15) is 0 Å². The van der Waals surface area contributed by atoms with Crippen LogP contribution in [0, 0.1) is 0 Å². The maximum atomic E-state index is 4.59. The van der Waals surface area contributed by atoms with Gasteiger partial charge in [-0.15, -0.1) is 29.3 Å². The van der Waals surface area contributed by atoms with Gasteiger partial charge >= 0.3 is 0 Å². The monoisotopic (exact) mass is 326 g/mol. The van der Waals surface area contributed by atoms with Crippen molar-refractivity contribution < 1.29 is 0 Å². The van der Waals surface area contributed by atoms with Gasteiger partial charge in [-0.2, -0.15) is 5.10 Å². The highest BCUT2D eigenvalue weighted by molar-refractivity contribution is 7.14. The Kier molecular flexibility index (Phi) is 4.72. The number of thiazole rings is 1. The van der Waals surface area contributed by atoms with Crippen molar-refractivity contribution in [3.8, 4) is 10.6 Å². The lowest BCUT2D eigenvalue weighted by Crippen LogP contribution is -2.12. The maximum Gasteiger partial charge on any atom is 0.206 e. The van der Waals surface area contributed by atoms with Crippen molar-refractivity contribution in [1.29, 1.82) is 0 Å². The fourth-order valence-electron chi connectivity index (χ4n) is 1.83. The third-order valence-electron chi connectivity index (χ3n) is 2.82. The molecule has 22 heavy (non-hydrogen) atoms. The van der Waals surface area contributed by atoms with E-state index in [2.05, 4.69) is 38.5 Å². The second-order valence-corrected chi connectivity index (χ2v) is 6.14. The average Bonchev–Trinajstić information content (AvgIpc) is 3.21. The second-order valence-electron chi connectivity index (χ2n) is 4.35. The molecule has 3 rings (SSSR count). The van der Waals surface area contributed by atoms with Gasteiger partial charge in [0.25, 0.3) is 0 Å². The summed E-state index contributed by atoms with van der Waals surface area (Å²) in [6.45, 7) is 4.29. The third-order valence-corrected chi connectivity index (χ3v) is 4.57. The molecule has 0 bridgehead atoms. The Bertz CT molecular complexity index is 827. The van der Waals surface area contributed by atoms with Crippen LogP contribution in [0.5, 0.6) is 0 Å². The third kappa shape index (κ3) is 3.29. The minimum Gasteiger partial charge on any atom is -0.264 e. The van der Waals surface area contributed by atoms with Crippen molar-refractivity contribution in [2.75, 3.05) is 6.54 Å². The van der Waals surface area contributed by atoms with Crippen LogP contribution in [0.1, 0.15) is 5.56 Å². The van der Waals surface area contributed by atoms with E-state index in [1.807, 2.05) is 22.9 Å². The summed E-state index contributed by atoms with van der Waals surface area (Å²) in [5, 5.41) is 8.72. The first kappa shape index (κ1) is 14.6. The lowest BCUT2D eigenvalue weighted by atomic mass is 10.3. The molecule has 0 radical (unpaired) electrons.